The molecule has 8 nitrogen and oxygen atoms in total. The number of hydrogen-bond acceptors (Lipinski definition) is 8. The van der Waals surface area contributed by atoms with Crippen LogP contribution < -0.4 is 26.6 Å². The molecular formula is C25H30N2O6. The second kappa shape index (κ2) is 10.1. The molecule has 1 heterocycles. The number of esters is 2. The average molecular weight is 455 g/mol. The molecule has 3 aromatic rings. The molecule has 2 atom stereocenters. The van der Waals surface area contributed by atoms with Crippen molar-refractivity contribution in [1.29, 1.82) is 0 Å². The van der Waals surface area contributed by atoms with Gasteiger partial charge in [-0.3, -0.25) is 0 Å². The van der Waals surface area contributed by atoms with E-state index in [0.717, 1.165) is 0 Å². The smallest absolute Gasteiger partial charge is 0.344 e. The molecular weight excluding hydrogens is 424 g/mol. The summed E-state index contributed by atoms with van der Waals surface area (Å²) in [6.07, 6.45) is 0.996. The van der Waals surface area contributed by atoms with Crippen LogP contribution in [0.1, 0.15) is 40.5 Å². The molecule has 0 bridgehead atoms. The van der Waals surface area contributed by atoms with E-state index >= 15 is 0 Å². The van der Waals surface area contributed by atoms with Crippen molar-refractivity contribution in [2.24, 2.45) is 23.3 Å². The van der Waals surface area contributed by atoms with Crippen molar-refractivity contribution < 1.29 is 23.5 Å². The summed E-state index contributed by atoms with van der Waals surface area (Å²) >= 11 is 0. The lowest BCUT2D eigenvalue weighted by Gasteiger charge is -2.14. The normalized spacial score (nSPS) is 13.5. The third-order valence-electron chi connectivity index (χ3n) is 5.15. The van der Waals surface area contributed by atoms with E-state index in [0.29, 0.717) is 23.6 Å². The monoisotopic (exact) mass is 454 g/mol. The van der Waals surface area contributed by atoms with Gasteiger partial charge < -0.3 is 25.4 Å². The molecule has 1 aromatic heterocycles. The highest BCUT2D eigenvalue weighted by molar-refractivity contribution is 6.05. The molecule has 0 fully saturated rings. The summed E-state index contributed by atoms with van der Waals surface area (Å²) < 4.78 is 16.1. The first kappa shape index (κ1) is 24.4. The summed E-state index contributed by atoms with van der Waals surface area (Å²) in [6.45, 7) is 7.86. The number of ether oxygens (including phenoxy) is 2. The predicted octanol–water partition coefficient (Wildman–Crippen LogP) is 3.50. The molecule has 0 aliphatic carbocycles. The van der Waals surface area contributed by atoms with Crippen molar-refractivity contribution in [2.45, 2.75) is 52.6 Å². The molecule has 1 unspecified atom stereocenters. The summed E-state index contributed by atoms with van der Waals surface area (Å²) in [6, 6.07) is 8.04. The van der Waals surface area contributed by atoms with Crippen molar-refractivity contribution in [3.63, 3.8) is 0 Å². The maximum Gasteiger partial charge on any atom is 0.344 e. The Balaban J connectivity index is 1.87. The Morgan fingerprint density at radius 2 is 1.27 bits per heavy atom. The molecule has 0 radical (unpaired) electrons. The second-order valence-electron chi connectivity index (χ2n) is 9.07. The summed E-state index contributed by atoms with van der Waals surface area (Å²) in [5.41, 5.74) is 11.4. The van der Waals surface area contributed by atoms with Crippen molar-refractivity contribution in [3.05, 3.63) is 46.8 Å². The van der Waals surface area contributed by atoms with E-state index in [2.05, 4.69) is 0 Å². The lowest BCUT2D eigenvalue weighted by atomic mass is 10.0. The van der Waals surface area contributed by atoms with E-state index in [-0.39, 0.29) is 34.3 Å². The van der Waals surface area contributed by atoms with Crippen LogP contribution in [0.3, 0.4) is 0 Å². The van der Waals surface area contributed by atoms with E-state index in [9.17, 15) is 14.4 Å². The zero-order valence-corrected chi connectivity index (χ0v) is 19.3. The zero-order chi connectivity index (χ0) is 24.3. The van der Waals surface area contributed by atoms with E-state index in [1.54, 1.807) is 24.3 Å². The average Bonchev–Trinajstić information content (AvgIpc) is 2.72. The Bertz CT molecular complexity index is 1230. The van der Waals surface area contributed by atoms with Gasteiger partial charge in [-0.25, -0.2) is 14.4 Å². The van der Waals surface area contributed by atoms with Gasteiger partial charge in [-0.1, -0.05) is 27.7 Å². The summed E-state index contributed by atoms with van der Waals surface area (Å²) in [5.74, 6) is -0.160. The first-order valence-corrected chi connectivity index (χ1v) is 11.0. The highest BCUT2D eigenvalue weighted by atomic mass is 16.5. The molecule has 176 valence electrons. The molecule has 33 heavy (non-hydrogen) atoms. The molecule has 0 amide bonds. The maximum absolute atomic E-state index is 12.6. The van der Waals surface area contributed by atoms with Gasteiger partial charge in [0.05, 0.1) is 5.39 Å². The zero-order valence-electron chi connectivity index (χ0n) is 19.3. The Hall–Kier alpha value is -3.23. The Morgan fingerprint density at radius 1 is 0.788 bits per heavy atom. The van der Waals surface area contributed by atoms with Crippen LogP contribution >= 0.6 is 0 Å². The second-order valence-corrected chi connectivity index (χ2v) is 9.07. The number of fused-ring (bicyclic) bond motifs is 3. The summed E-state index contributed by atoms with van der Waals surface area (Å²) in [7, 11) is 0. The highest BCUT2D eigenvalue weighted by Crippen LogP contribution is 2.29. The first-order valence-electron chi connectivity index (χ1n) is 11.0. The fourth-order valence-electron chi connectivity index (χ4n) is 3.61. The quantitative estimate of drug-likeness (QED) is 0.228. The van der Waals surface area contributed by atoms with Gasteiger partial charge in [0, 0.05) is 16.8 Å². The minimum Gasteiger partial charge on any atom is -0.425 e. The topological polar surface area (TPSA) is 135 Å². The molecule has 0 saturated carbocycles. The number of benzene rings is 2. The number of hydrogen-bond donors (Lipinski definition) is 2. The molecule has 0 aliphatic heterocycles. The number of carbonyl (C=O) groups excluding carboxylic acids is 2. The fourth-order valence-corrected chi connectivity index (χ4v) is 3.61. The highest BCUT2D eigenvalue weighted by Gasteiger charge is 2.20. The van der Waals surface area contributed by atoms with Crippen molar-refractivity contribution >= 4 is 33.7 Å². The van der Waals surface area contributed by atoms with E-state index in [1.165, 1.54) is 12.1 Å². The van der Waals surface area contributed by atoms with Gasteiger partial charge >= 0.3 is 17.6 Å². The van der Waals surface area contributed by atoms with Gasteiger partial charge in [0.2, 0.25) is 0 Å². The minimum absolute atomic E-state index is 0.211. The van der Waals surface area contributed by atoms with Gasteiger partial charge in [0.15, 0.2) is 0 Å². The van der Waals surface area contributed by atoms with Gasteiger partial charge in [0.1, 0.15) is 29.2 Å². The Labute approximate surface area is 191 Å². The van der Waals surface area contributed by atoms with Crippen LogP contribution in [0.5, 0.6) is 11.5 Å². The minimum atomic E-state index is -0.747. The van der Waals surface area contributed by atoms with Gasteiger partial charge in [-0.05, 0) is 55.0 Å². The Kier molecular flexibility index (Phi) is 7.50. The van der Waals surface area contributed by atoms with E-state index in [1.807, 2.05) is 27.7 Å². The molecule has 0 saturated heterocycles. The molecule has 4 N–H and O–H groups in total. The number of rotatable bonds is 8. The number of carbonyl (C=O) groups is 2. The third-order valence-corrected chi connectivity index (χ3v) is 5.15. The lowest BCUT2D eigenvalue weighted by Crippen LogP contribution is -2.35. The van der Waals surface area contributed by atoms with Gasteiger partial charge in [-0.2, -0.15) is 0 Å². The van der Waals surface area contributed by atoms with Crippen molar-refractivity contribution in [2.75, 3.05) is 0 Å². The molecule has 2 aromatic carbocycles. The fraction of sp³-hybridized carbons (Fsp3) is 0.400. The predicted molar refractivity (Wildman–Crippen MR) is 126 cm³/mol. The van der Waals surface area contributed by atoms with Crippen molar-refractivity contribution in [1.82, 2.24) is 0 Å². The standard InChI is InChI=1S/C25H30N2O6/c1-13(2)9-20(26)24(29)31-15-5-7-17-18-8-6-16(32-25(30)21(27)10-14(3)4)12-22(18)33-23(28)19(17)11-15/h5-8,11-14,20-21H,9-10,26-27H2,1-4H3/t20?,21-/m1/s1. The van der Waals surface area contributed by atoms with Gasteiger partial charge in [0.25, 0.3) is 0 Å². The third kappa shape index (κ3) is 5.97. The van der Waals surface area contributed by atoms with E-state index in [4.69, 9.17) is 25.4 Å². The van der Waals surface area contributed by atoms with Gasteiger partial charge in [-0.15, -0.1) is 0 Å². The molecule has 3 rings (SSSR count). The van der Waals surface area contributed by atoms with Crippen LogP contribution in [-0.2, 0) is 9.59 Å². The van der Waals surface area contributed by atoms with Crippen LogP contribution in [0.4, 0.5) is 0 Å². The van der Waals surface area contributed by atoms with Crippen LogP contribution in [0.15, 0.2) is 45.6 Å². The van der Waals surface area contributed by atoms with Crippen LogP contribution in [0.25, 0.3) is 21.7 Å². The molecule has 0 spiro atoms. The van der Waals surface area contributed by atoms with E-state index < -0.39 is 29.6 Å². The maximum atomic E-state index is 12.6. The lowest BCUT2D eigenvalue weighted by molar-refractivity contribution is -0.137. The SMILES string of the molecule is CC(C)CC(N)C(=O)Oc1ccc2c(c1)c(=O)oc1cc(OC(=O)[C@H](N)CC(C)C)ccc12. The molecule has 0 aliphatic rings. The van der Waals surface area contributed by atoms with Crippen LogP contribution in [0, 0.1) is 11.8 Å². The van der Waals surface area contributed by atoms with Crippen LogP contribution in [0.2, 0.25) is 0 Å². The Morgan fingerprint density at radius 3 is 1.79 bits per heavy atom. The first-order chi connectivity index (χ1) is 15.5. The van der Waals surface area contributed by atoms with Crippen molar-refractivity contribution in [3.8, 4) is 11.5 Å². The largest absolute Gasteiger partial charge is 0.425 e. The number of nitrogens with two attached hydrogens (primary N) is 2. The molecule has 8 heteroatoms. The van der Waals surface area contributed by atoms with Crippen LogP contribution in [-0.4, -0.2) is 24.0 Å². The summed E-state index contributed by atoms with van der Waals surface area (Å²) in [4.78, 5) is 37.0. The summed E-state index contributed by atoms with van der Waals surface area (Å²) in [5, 5.41) is 1.51.